The second-order valence-corrected chi connectivity index (χ2v) is 5.92. The van der Waals surface area contributed by atoms with Crippen molar-refractivity contribution in [1.82, 2.24) is 4.90 Å². The second kappa shape index (κ2) is 8.32. The van der Waals surface area contributed by atoms with Crippen LogP contribution in [0, 0.1) is 5.92 Å². The summed E-state index contributed by atoms with van der Waals surface area (Å²) in [6.07, 6.45) is 2.44. The van der Waals surface area contributed by atoms with Crippen molar-refractivity contribution in [1.29, 1.82) is 0 Å². The predicted octanol–water partition coefficient (Wildman–Crippen LogP) is 2.06. The zero-order valence-corrected chi connectivity index (χ0v) is 13.4. The molecule has 0 radical (unpaired) electrons. The highest BCUT2D eigenvalue weighted by atomic mass is 32.1. The standard InChI is InChI=1S/C16H24N2O2S/c1-19-12-13-6-8-18(9-7-13)10-11-20-15-4-2-14(3-5-15)16(17)21/h2-5,13H,6-12H2,1H3,(H2,17,21). The Kier molecular flexibility index (Phi) is 6.42. The van der Waals surface area contributed by atoms with Crippen LogP contribution >= 0.6 is 12.2 Å². The van der Waals surface area contributed by atoms with Gasteiger partial charge in [-0.25, -0.2) is 0 Å². The zero-order chi connectivity index (χ0) is 15.1. The summed E-state index contributed by atoms with van der Waals surface area (Å²) in [4.78, 5) is 2.87. The summed E-state index contributed by atoms with van der Waals surface area (Å²) in [5, 5.41) is 0. The SMILES string of the molecule is COCC1CCN(CCOc2ccc(C(N)=S)cc2)CC1. The molecule has 116 valence electrons. The largest absolute Gasteiger partial charge is 0.492 e. The molecule has 0 unspecified atom stereocenters. The van der Waals surface area contributed by atoms with Crippen molar-refractivity contribution < 1.29 is 9.47 Å². The summed E-state index contributed by atoms with van der Waals surface area (Å²) in [6.45, 7) is 4.84. The van der Waals surface area contributed by atoms with Gasteiger partial charge in [0.1, 0.15) is 17.3 Å². The predicted molar refractivity (Wildman–Crippen MR) is 88.9 cm³/mol. The number of methoxy groups -OCH3 is 1. The highest BCUT2D eigenvalue weighted by molar-refractivity contribution is 7.80. The molecule has 0 amide bonds. The summed E-state index contributed by atoms with van der Waals surface area (Å²) >= 11 is 4.93. The van der Waals surface area contributed by atoms with Crippen molar-refractivity contribution in [2.75, 3.05) is 40.0 Å². The molecule has 0 aliphatic carbocycles. The summed E-state index contributed by atoms with van der Waals surface area (Å²) < 4.78 is 11.0. The lowest BCUT2D eigenvalue weighted by atomic mass is 9.98. The van der Waals surface area contributed by atoms with Crippen molar-refractivity contribution in [3.8, 4) is 5.75 Å². The molecule has 0 atom stereocenters. The number of hydrogen-bond acceptors (Lipinski definition) is 4. The fourth-order valence-corrected chi connectivity index (χ4v) is 2.76. The minimum absolute atomic E-state index is 0.417. The number of nitrogens with two attached hydrogens (primary N) is 1. The quantitative estimate of drug-likeness (QED) is 0.781. The topological polar surface area (TPSA) is 47.7 Å². The highest BCUT2D eigenvalue weighted by Crippen LogP contribution is 2.17. The van der Waals surface area contributed by atoms with Crippen LogP contribution in [0.5, 0.6) is 5.75 Å². The minimum Gasteiger partial charge on any atom is -0.492 e. The molecule has 2 rings (SSSR count). The highest BCUT2D eigenvalue weighted by Gasteiger charge is 2.18. The van der Waals surface area contributed by atoms with Crippen molar-refractivity contribution in [2.24, 2.45) is 11.7 Å². The second-order valence-electron chi connectivity index (χ2n) is 5.48. The van der Waals surface area contributed by atoms with Crippen LogP contribution in [-0.2, 0) is 4.74 Å². The Bertz CT molecular complexity index is 442. The van der Waals surface area contributed by atoms with E-state index in [4.69, 9.17) is 27.4 Å². The third-order valence-corrected chi connectivity index (χ3v) is 4.16. The van der Waals surface area contributed by atoms with Gasteiger partial charge in [0.25, 0.3) is 0 Å². The van der Waals surface area contributed by atoms with E-state index in [1.807, 2.05) is 24.3 Å². The lowest BCUT2D eigenvalue weighted by Gasteiger charge is -2.31. The maximum absolute atomic E-state index is 5.77. The Balaban J connectivity index is 1.67. The monoisotopic (exact) mass is 308 g/mol. The van der Waals surface area contributed by atoms with Crippen molar-refractivity contribution >= 4 is 17.2 Å². The zero-order valence-electron chi connectivity index (χ0n) is 12.6. The molecular weight excluding hydrogens is 284 g/mol. The van der Waals surface area contributed by atoms with Crippen LogP contribution in [0.2, 0.25) is 0 Å². The van der Waals surface area contributed by atoms with Crippen LogP contribution in [0.25, 0.3) is 0 Å². The Hall–Kier alpha value is -1.17. The minimum atomic E-state index is 0.417. The maximum atomic E-state index is 5.77. The normalized spacial score (nSPS) is 16.8. The van der Waals surface area contributed by atoms with Gasteiger partial charge in [-0.1, -0.05) is 12.2 Å². The molecule has 1 aliphatic rings. The average Bonchev–Trinajstić information content (AvgIpc) is 2.50. The van der Waals surface area contributed by atoms with Gasteiger partial charge in [-0.15, -0.1) is 0 Å². The molecule has 0 saturated carbocycles. The summed E-state index contributed by atoms with van der Waals surface area (Å²) in [6, 6.07) is 7.63. The van der Waals surface area contributed by atoms with E-state index in [0.717, 1.165) is 43.5 Å². The molecule has 1 aliphatic heterocycles. The molecule has 0 aromatic heterocycles. The smallest absolute Gasteiger partial charge is 0.119 e. The molecule has 1 saturated heterocycles. The van der Waals surface area contributed by atoms with E-state index in [2.05, 4.69) is 4.90 Å². The van der Waals surface area contributed by atoms with Crippen LogP contribution in [0.3, 0.4) is 0 Å². The molecular formula is C16H24N2O2S. The number of hydrogen-bond donors (Lipinski definition) is 1. The van der Waals surface area contributed by atoms with Crippen LogP contribution in [0.15, 0.2) is 24.3 Å². The lowest BCUT2D eigenvalue weighted by Crippen LogP contribution is -2.37. The first kappa shape index (κ1) is 16.2. The molecule has 2 N–H and O–H groups in total. The first-order valence-corrected chi connectivity index (χ1v) is 7.84. The van der Waals surface area contributed by atoms with Gasteiger partial charge in [-0.05, 0) is 56.1 Å². The number of rotatable bonds is 7. The van der Waals surface area contributed by atoms with Gasteiger partial charge in [0.15, 0.2) is 0 Å². The number of nitrogens with zero attached hydrogens (tertiary/aromatic N) is 1. The van der Waals surface area contributed by atoms with Gasteiger partial charge in [-0.2, -0.15) is 0 Å². The number of piperidine rings is 1. The summed E-state index contributed by atoms with van der Waals surface area (Å²) in [5.74, 6) is 1.59. The van der Waals surface area contributed by atoms with Gasteiger partial charge < -0.3 is 15.2 Å². The van der Waals surface area contributed by atoms with Crippen LogP contribution < -0.4 is 10.5 Å². The van der Waals surface area contributed by atoms with Crippen molar-refractivity contribution in [2.45, 2.75) is 12.8 Å². The lowest BCUT2D eigenvalue weighted by molar-refractivity contribution is 0.0928. The van der Waals surface area contributed by atoms with E-state index in [0.29, 0.717) is 11.6 Å². The molecule has 0 spiro atoms. The van der Waals surface area contributed by atoms with Gasteiger partial charge in [0.2, 0.25) is 0 Å². The fourth-order valence-electron chi connectivity index (χ4n) is 2.62. The first-order valence-electron chi connectivity index (χ1n) is 7.43. The summed E-state index contributed by atoms with van der Waals surface area (Å²) in [5.41, 5.74) is 6.44. The molecule has 4 nitrogen and oxygen atoms in total. The number of likely N-dealkylation sites (tertiary alicyclic amines) is 1. The molecule has 5 heteroatoms. The van der Waals surface area contributed by atoms with Gasteiger partial charge >= 0.3 is 0 Å². The van der Waals surface area contributed by atoms with Gasteiger partial charge in [0, 0.05) is 25.8 Å². The van der Waals surface area contributed by atoms with Crippen molar-refractivity contribution in [3.63, 3.8) is 0 Å². The average molecular weight is 308 g/mol. The number of benzene rings is 1. The van der Waals surface area contributed by atoms with E-state index in [1.54, 1.807) is 7.11 Å². The molecule has 1 fully saturated rings. The maximum Gasteiger partial charge on any atom is 0.119 e. The third kappa shape index (κ3) is 5.26. The number of ether oxygens (including phenoxy) is 2. The molecule has 1 aromatic carbocycles. The third-order valence-electron chi connectivity index (χ3n) is 3.92. The van der Waals surface area contributed by atoms with E-state index in [9.17, 15) is 0 Å². The Labute approximate surface area is 132 Å². The van der Waals surface area contributed by atoms with Crippen LogP contribution in [-0.4, -0.2) is 49.8 Å². The number of thiocarbonyl (C=S) groups is 1. The molecule has 21 heavy (non-hydrogen) atoms. The van der Waals surface area contributed by atoms with E-state index in [-0.39, 0.29) is 0 Å². The van der Waals surface area contributed by atoms with E-state index >= 15 is 0 Å². The van der Waals surface area contributed by atoms with Gasteiger partial charge in [-0.3, -0.25) is 4.90 Å². The summed E-state index contributed by atoms with van der Waals surface area (Å²) in [7, 11) is 1.78. The molecule has 0 bridgehead atoms. The fraction of sp³-hybridized carbons (Fsp3) is 0.562. The van der Waals surface area contributed by atoms with E-state index in [1.165, 1.54) is 12.8 Å². The Morgan fingerprint density at radius 1 is 1.29 bits per heavy atom. The van der Waals surface area contributed by atoms with E-state index < -0.39 is 0 Å². The van der Waals surface area contributed by atoms with Crippen molar-refractivity contribution in [3.05, 3.63) is 29.8 Å². The van der Waals surface area contributed by atoms with Crippen LogP contribution in [0.4, 0.5) is 0 Å². The Morgan fingerprint density at radius 2 is 1.95 bits per heavy atom. The van der Waals surface area contributed by atoms with Gasteiger partial charge in [0.05, 0.1) is 0 Å². The molecule has 1 heterocycles. The molecule has 1 aromatic rings. The Morgan fingerprint density at radius 3 is 2.52 bits per heavy atom. The van der Waals surface area contributed by atoms with Crippen LogP contribution in [0.1, 0.15) is 18.4 Å². The first-order chi connectivity index (χ1) is 10.2.